The summed E-state index contributed by atoms with van der Waals surface area (Å²) >= 11 is 3.39. The van der Waals surface area contributed by atoms with E-state index in [4.69, 9.17) is 0 Å². The van der Waals surface area contributed by atoms with E-state index in [-0.39, 0.29) is 5.91 Å². The first-order valence-electron chi connectivity index (χ1n) is 7.28. The molecule has 1 aliphatic heterocycles. The second kappa shape index (κ2) is 7.07. The molecule has 1 saturated heterocycles. The van der Waals surface area contributed by atoms with E-state index >= 15 is 0 Å². The van der Waals surface area contributed by atoms with E-state index in [1.54, 1.807) is 13.2 Å². The van der Waals surface area contributed by atoms with Gasteiger partial charge in [0.1, 0.15) is 5.82 Å². The molecule has 1 N–H and O–H groups in total. The Labute approximate surface area is 129 Å². The van der Waals surface area contributed by atoms with Crippen LogP contribution in [0.5, 0.6) is 0 Å². The number of carbonyl (C=O) groups is 1. The number of amides is 1. The molecule has 0 aliphatic carbocycles. The van der Waals surface area contributed by atoms with Gasteiger partial charge >= 0.3 is 0 Å². The normalized spacial score (nSPS) is 19.6. The van der Waals surface area contributed by atoms with Crippen molar-refractivity contribution in [3.63, 3.8) is 0 Å². The average molecular weight is 340 g/mol. The third-order valence-corrected chi connectivity index (χ3v) is 4.47. The summed E-state index contributed by atoms with van der Waals surface area (Å²) in [5, 5.41) is 3.00. The van der Waals surface area contributed by atoms with Crippen molar-refractivity contribution in [3.8, 4) is 0 Å². The minimum Gasteiger partial charge on any atom is -0.372 e. The summed E-state index contributed by atoms with van der Waals surface area (Å²) in [5.74, 6) is 1.49. The van der Waals surface area contributed by atoms with Crippen molar-refractivity contribution in [1.82, 2.24) is 9.88 Å². The molecule has 0 bridgehead atoms. The highest BCUT2D eigenvalue weighted by atomic mass is 79.9. The SMILES string of the molecule is CCC1CCCN(C(=O)c2cc(Br)cnc2NC)CC1. The van der Waals surface area contributed by atoms with E-state index in [1.165, 1.54) is 12.8 Å². The van der Waals surface area contributed by atoms with Crippen LogP contribution in [0, 0.1) is 5.92 Å². The number of anilines is 1. The van der Waals surface area contributed by atoms with Gasteiger partial charge in [-0.25, -0.2) is 4.98 Å². The predicted molar refractivity (Wildman–Crippen MR) is 85.0 cm³/mol. The van der Waals surface area contributed by atoms with Gasteiger partial charge in [0.25, 0.3) is 5.91 Å². The van der Waals surface area contributed by atoms with Gasteiger partial charge < -0.3 is 10.2 Å². The Morgan fingerprint density at radius 2 is 2.30 bits per heavy atom. The summed E-state index contributed by atoms with van der Waals surface area (Å²) in [4.78, 5) is 18.9. The molecule has 1 aromatic rings. The van der Waals surface area contributed by atoms with Crippen LogP contribution in [0.2, 0.25) is 0 Å². The van der Waals surface area contributed by atoms with Crippen LogP contribution in [0.3, 0.4) is 0 Å². The van der Waals surface area contributed by atoms with Gasteiger partial charge in [-0.1, -0.05) is 13.3 Å². The lowest BCUT2D eigenvalue weighted by molar-refractivity contribution is 0.0760. The summed E-state index contributed by atoms with van der Waals surface area (Å²) < 4.78 is 0.834. The predicted octanol–water partition coefficient (Wildman–Crippen LogP) is 3.54. The fraction of sp³-hybridized carbons (Fsp3) is 0.600. The molecule has 0 aromatic carbocycles. The highest BCUT2D eigenvalue weighted by molar-refractivity contribution is 9.10. The average Bonchev–Trinajstić information content (AvgIpc) is 2.71. The Morgan fingerprint density at radius 1 is 1.50 bits per heavy atom. The molecule has 0 spiro atoms. The van der Waals surface area contributed by atoms with Gasteiger partial charge in [-0.3, -0.25) is 4.79 Å². The number of hydrogen-bond acceptors (Lipinski definition) is 3. The van der Waals surface area contributed by atoms with Gasteiger partial charge in [0.15, 0.2) is 0 Å². The van der Waals surface area contributed by atoms with Gasteiger partial charge in [0.05, 0.1) is 5.56 Å². The molecule has 0 saturated carbocycles. The smallest absolute Gasteiger partial charge is 0.257 e. The fourth-order valence-electron chi connectivity index (χ4n) is 2.75. The number of likely N-dealkylation sites (tertiary alicyclic amines) is 1. The molecule has 1 fully saturated rings. The molecule has 2 rings (SSSR count). The van der Waals surface area contributed by atoms with Crippen LogP contribution in [-0.4, -0.2) is 35.9 Å². The third-order valence-electron chi connectivity index (χ3n) is 4.03. The van der Waals surface area contributed by atoms with E-state index in [0.29, 0.717) is 11.4 Å². The minimum atomic E-state index is 0.0832. The maximum atomic E-state index is 12.7. The summed E-state index contributed by atoms with van der Waals surface area (Å²) in [6.07, 6.45) is 6.36. The van der Waals surface area contributed by atoms with Crippen LogP contribution in [0.4, 0.5) is 5.82 Å². The van der Waals surface area contributed by atoms with Gasteiger partial charge in [-0.05, 0) is 47.2 Å². The summed E-state index contributed by atoms with van der Waals surface area (Å²) in [6.45, 7) is 3.94. The number of rotatable bonds is 3. The van der Waals surface area contributed by atoms with Crippen molar-refractivity contribution in [1.29, 1.82) is 0 Å². The molecule has 5 heteroatoms. The van der Waals surface area contributed by atoms with Crippen LogP contribution in [-0.2, 0) is 0 Å². The lowest BCUT2D eigenvalue weighted by Gasteiger charge is -2.21. The molecule has 1 atom stereocenters. The van der Waals surface area contributed by atoms with E-state index in [0.717, 1.165) is 36.3 Å². The number of nitrogens with one attached hydrogen (secondary N) is 1. The van der Waals surface area contributed by atoms with Crippen molar-refractivity contribution >= 4 is 27.7 Å². The molecule has 4 nitrogen and oxygen atoms in total. The zero-order valence-electron chi connectivity index (χ0n) is 12.2. The number of hydrogen-bond donors (Lipinski definition) is 1. The third kappa shape index (κ3) is 3.51. The second-order valence-electron chi connectivity index (χ2n) is 5.30. The van der Waals surface area contributed by atoms with Crippen LogP contribution in [0.15, 0.2) is 16.7 Å². The Hall–Kier alpha value is -1.10. The first kappa shape index (κ1) is 15.3. The Balaban J connectivity index is 2.16. The Kier molecular flexibility index (Phi) is 5.40. The molecule has 1 unspecified atom stereocenters. The molecule has 1 aromatic heterocycles. The fourth-order valence-corrected chi connectivity index (χ4v) is 3.08. The first-order chi connectivity index (χ1) is 9.65. The maximum absolute atomic E-state index is 12.7. The number of carbonyl (C=O) groups excluding carboxylic acids is 1. The maximum Gasteiger partial charge on any atom is 0.257 e. The quantitative estimate of drug-likeness (QED) is 0.915. The largest absolute Gasteiger partial charge is 0.372 e. The minimum absolute atomic E-state index is 0.0832. The number of halogens is 1. The van der Waals surface area contributed by atoms with Gasteiger partial charge in [-0.15, -0.1) is 0 Å². The highest BCUT2D eigenvalue weighted by Gasteiger charge is 2.23. The van der Waals surface area contributed by atoms with Crippen LogP contribution in [0.1, 0.15) is 43.0 Å². The van der Waals surface area contributed by atoms with E-state index in [2.05, 4.69) is 33.2 Å². The monoisotopic (exact) mass is 339 g/mol. The molecular weight excluding hydrogens is 318 g/mol. The first-order valence-corrected chi connectivity index (χ1v) is 8.07. The van der Waals surface area contributed by atoms with Crippen molar-refractivity contribution in [2.24, 2.45) is 5.92 Å². The number of aromatic nitrogens is 1. The van der Waals surface area contributed by atoms with Crippen molar-refractivity contribution < 1.29 is 4.79 Å². The summed E-state index contributed by atoms with van der Waals surface area (Å²) in [5.41, 5.74) is 0.650. The van der Waals surface area contributed by atoms with Crippen molar-refractivity contribution in [3.05, 3.63) is 22.3 Å². The molecular formula is C15H22BrN3O. The Morgan fingerprint density at radius 3 is 3.00 bits per heavy atom. The van der Waals surface area contributed by atoms with Crippen LogP contribution in [0.25, 0.3) is 0 Å². The van der Waals surface area contributed by atoms with Gasteiger partial charge in [0.2, 0.25) is 0 Å². The molecule has 2 heterocycles. The molecule has 1 amide bonds. The summed E-state index contributed by atoms with van der Waals surface area (Å²) in [6, 6.07) is 1.85. The Bertz CT molecular complexity index is 478. The van der Waals surface area contributed by atoms with E-state index < -0.39 is 0 Å². The van der Waals surface area contributed by atoms with Gasteiger partial charge in [-0.2, -0.15) is 0 Å². The van der Waals surface area contributed by atoms with E-state index in [9.17, 15) is 4.79 Å². The highest BCUT2D eigenvalue weighted by Crippen LogP contribution is 2.24. The topological polar surface area (TPSA) is 45.2 Å². The van der Waals surface area contributed by atoms with Crippen LogP contribution < -0.4 is 5.32 Å². The molecule has 1 aliphatic rings. The van der Waals surface area contributed by atoms with Crippen molar-refractivity contribution in [2.45, 2.75) is 32.6 Å². The number of nitrogens with zero attached hydrogens (tertiary/aromatic N) is 2. The molecule has 0 radical (unpaired) electrons. The molecule has 20 heavy (non-hydrogen) atoms. The van der Waals surface area contributed by atoms with E-state index in [1.807, 2.05) is 11.0 Å². The summed E-state index contributed by atoms with van der Waals surface area (Å²) in [7, 11) is 1.79. The van der Waals surface area contributed by atoms with Gasteiger partial charge in [0, 0.05) is 30.8 Å². The molecule has 110 valence electrons. The zero-order chi connectivity index (χ0) is 14.5. The van der Waals surface area contributed by atoms with Crippen molar-refractivity contribution in [2.75, 3.05) is 25.5 Å². The zero-order valence-corrected chi connectivity index (χ0v) is 13.7. The van der Waals surface area contributed by atoms with Crippen LogP contribution >= 0.6 is 15.9 Å². The lowest BCUT2D eigenvalue weighted by atomic mass is 9.98. The lowest BCUT2D eigenvalue weighted by Crippen LogP contribution is -2.32. The number of pyridine rings is 1. The standard InChI is InChI=1S/C15H22BrN3O/c1-3-11-5-4-7-19(8-6-11)15(20)13-9-12(16)10-18-14(13)17-2/h9-11H,3-8H2,1-2H3,(H,17,18). The second-order valence-corrected chi connectivity index (χ2v) is 6.21.